The Balaban J connectivity index is 1.29. The van der Waals surface area contributed by atoms with Gasteiger partial charge in [-0.1, -0.05) is 194 Å². The van der Waals surface area contributed by atoms with E-state index in [1.165, 1.54) is 76.5 Å². The van der Waals surface area contributed by atoms with Crippen molar-refractivity contribution in [3.63, 3.8) is 0 Å². The molecule has 248 valence electrons. The maximum Gasteiger partial charge on any atom is 0.0540 e. The minimum atomic E-state index is 1.12. The van der Waals surface area contributed by atoms with Crippen LogP contribution < -0.4 is 4.90 Å². The lowest BCUT2D eigenvalue weighted by Crippen LogP contribution is -2.13. The smallest absolute Gasteiger partial charge is 0.0540 e. The number of fused-ring (bicyclic) bond motifs is 5. The molecule has 0 aliphatic heterocycles. The molecule has 10 rings (SSSR count). The van der Waals surface area contributed by atoms with Crippen molar-refractivity contribution in [2.24, 2.45) is 0 Å². The molecular weight excluding hydrogens is 639 g/mol. The Labute approximate surface area is 309 Å². The van der Waals surface area contributed by atoms with Gasteiger partial charge in [0.1, 0.15) is 0 Å². The van der Waals surface area contributed by atoms with Crippen LogP contribution in [0.4, 0.5) is 17.1 Å². The van der Waals surface area contributed by atoms with Crippen LogP contribution in [0.2, 0.25) is 0 Å². The van der Waals surface area contributed by atoms with Crippen LogP contribution in [0.1, 0.15) is 0 Å². The number of rotatable bonds is 6. The lowest BCUT2D eigenvalue weighted by Gasteiger charge is -2.32. The number of para-hydroxylation sites is 3. The van der Waals surface area contributed by atoms with E-state index in [1.807, 2.05) is 0 Å². The van der Waals surface area contributed by atoms with Gasteiger partial charge in [0.05, 0.1) is 17.1 Å². The number of nitrogens with zero attached hydrogens (tertiary/aromatic N) is 1. The van der Waals surface area contributed by atoms with E-state index in [2.05, 4.69) is 217 Å². The van der Waals surface area contributed by atoms with Gasteiger partial charge in [-0.3, -0.25) is 0 Å². The minimum absolute atomic E-state index is 1.12. The molecule has 0 radical (unpaired) electrons. The Kier molecular flexibility index (Phi) is 7.55. The fourth-order valence-corrected chi connectivity index (χ4v) is 8.27. The van der Waals surface area contributed by atoms with Crippen LogP contribution >= 0.6 is 0 Å². The Morgan fingerprint density at radius 2 is 0.509 bits per heavy atom. The van der Waals surface area contributed by atoms with Gasteiger partial charge in [-0.15, -0.1) is 0 Å². The number of hydrogen-bond donors (Lipinski definition) is 0. The SMILES string of the molecule is c1ccc(N(c2ccccc2-c2cccc3ccccc23)c2ccccc2-c2cccc3c2ccc2ccccc23)c(-c2cccc3ccccc23)c1. The van der Waals surface area contributed by atoms with Crippen LogP contribution in [0.3, 0.4) is 0 Å². The highest BCUT2D eigenvalue weighted by Gasteiger charge is 2.24. The predicted octanol–water partition coefficient (Wildman–Crippen LogP) is 14.8. The molecule has 1 nitrogen and oxygen atoms in total. The fourth-order valence-electron chi connectivity index (χ4n) is 8.27. The van der Waals surface area contributed by atoms with Gasteiger partial charge in [0.15, 0.2) is 0 Å². The highest BCUT2D eigenvalue weighted by Crippen LogP contribution is 2.49. The molecular formula is C52H35N. The average Bonchev–Trinajstić information content (AvgIpc) is 3.24. The molecule has 0 heterocycles. The van der Waals surface area contributed by atoms with Gasteiger partial charge in [-0.2, -0.15) is 0 Å². The molecule has 0 bridgehead atoms. The summed E-state index contributed by atoms with van der Waals surface area (Å²) in [4.78, 5) is 2.50. The van der Waals surface area contributed by atoms with Crippen LogP contribution in [0.25, 0.3) is 76.5 Å². The summed E-state index contributed by atoms with van der Waals surface area (Å²) < 4.78 is 0. The van der Waals surface area contributed by atoms with Gasteiger partial charge in [-0.05, 0) is 78.0 Å². The molecule has 0 saturated heterocycles. The molecule has 0 unspecified atom stereocenters. The lowest BCUT2D eigenvalue weighted by atomic mass is 9.91. The van der Waals surface area contributed by atoms with Crippen molar-refractivity contribution < 1.29 is 0 Å². The number of benzene rings is 10. The van der Waals surface area contributed by atoms with Crippen molar-refractivity contribution >= 4 is 60.2 Å². The van der Waals surface area contributed by atoms with E-state index in [9.17, 15) is 0 Å². The van der Waals surface area contributed by atoms with Gasteiger partial charge < -0.3 is 4.90 Å². The maximum atomic E-state index is 2.50. The largest absolute Gasteiger partial charge is 0.309 e. The zero-order chi connectivity index (χ0) is 35.1. The summed E-state index contributed by atoms with van der Waals surface area (Å²) in [6, 6.07) is 77.4. The quantitative estimate of drug-likeness (QED) is 0.159. The molecule has 0 N–H and O–H groups in total. The molecule has 0 aromatic heterocycles. The first-order valence-corrected chi connectivity index (χ1v) is 18.3. The topological polar surface area (TPSA) is 3.24 Å². The zero-order valence-electron chi connectivity index (χ0n) is 29.2. The first-order chi connectivity index (χ1) is 26.3. The van der Waals surface area contributed by atoms with Crippen molar-refractivity contribution in [2.45, 2.75) is 0 Å². The summed E-state index contributed by atoms with van der Waals surface area (Å²) in [5, 5.41) is 9.94. The number of anilines is 3. The first-order valence-electron chi connectivity index (χ1n) is 18.3. The molecule has 0 atom stereocenters. The summed E-state index contributed by atoms with van der Waals surface area (Å²) in [6.07, 6.45) is 0. The van der Waals surface area contributed by atoms with Crippen LogP contribution in [0.5, 0.6) is 0 Å². The highest BCUT2D eigenvalue weighted by molar-refractivity contribution is 6.14. The van der Waals surface area contributed by atoms with Gasteiger partial charge in [0.2, 0.25) is 0 Å². The monoisotopic (exact) mass is 673 g/mol. The summed E-state index contributed by atoms with van der Waals surface area (Å²) in [7, 11) is 0. The van der Waals surface area contributed by atoms with Crippen molar-refractivity contribution in [1.82, 2.24) is 0 Å². The normalized spacial score (nSPS) is 11.4. The van der Waals surface area contributed by atoms with Crippen molar-refractivity contribution in [1.29, 1.82) is 0 Å². The summed E-state index contributed by atoms with van der Waals surface area (Å²) in [5.74, 6) is 0. The lowest BCUT2D eigenvalue weighted by molar-refractivity contribution is 1.29. The predicted molar refractivity (Wildman–Crippen MR) is 227 cm³/mol. The molecule has 0 saturated carbocycles. The number of hydrogen-bond acceptors (Lipinski definition) is 1. The van der Waals surface area contributed by atoms with Crippen molar-refractivity contribution in [3.05, 3.63) is 212 Å². The summed E-state index contributed by atoms with van der Waals surface area (Å²) >= 11 is 0. The molecule has 0 spiro atoms. The molecule has 0 aliphatic rings. The van der Waals surface area contributed by atoms with E-state index < -0.39 is 0 Å². The van der Waals surface area contributed by atoms with Gasteiger partial charge in [0.25, 0.3) is 0 Å². The maximum absolute atomic E-state index is 2.50. The molecule has 1 heteroatoms. The Hall–Kier alpha value is -6.96. The summed E-state index contributed by atoms with van der Waals surface area (Å²) in [5.41, 5.74) is 10.5. The van der Waals surface area contributed by atoms with Gasteiger partial charge in [0, 0.05) is 16.7 Å². The van der Waals surface area contributed by atoms with Crippen LogP contribution in [0.15, 0.2) is 212 Å². The standard InChI is InChI=1S/C52H35N/c1-4-21-39-36(16-1)19-13-27-43(39)47-24-7-10-31-50(47)53(51-32-11-8-25-48(51)44-28-14-20-37-17-2-5-22-40(37)44)52-33-12-9-26-49(52)45-30-15-29-42-41-23-6-3-18-38(41)34-35-46(42)45/h1-35H. The van der Waals surface area contributed by atoms with Crippen LogP contribution in [0, 0.1) is 0 Å². The van der Waals surface area contributed by atoms with Gasteiger partial charge in [-0.25, -0.2) is 0 Å². The highest BCUT2D eigenvalue weighted by atomic mass is 15.1. The molecule has 0 aliphatic carbocycles. The average molecular weight is 674 g/mol. The van der Waals surface area contributed by atoms with E-state index in [0.717, 1.165) is 17.1 Å². The van der Waals surface area contributed by atoms with Crippen LogP contribution in [-0.2, 0) is 0 Å². The molecule has 10 aromatic rings. The van der Waals surface area contributed by atoms with E-state index in [1.54, 1.807) is 0 Å². The molecule has 53 heavy (non-hydrogen) atoms. The van der Waals surface area contributed by atoms with Crippen LogP contribution in [-0.4, -0.2) is 0 Å². The second-order valence-corrected chi connectivity index (χ2v) is 13.6. The van der Waals surface area contributed by atoms with E-state index in [0.29, 0.717) is 0 Å². The second kappa shape index (κ2) is 13.0. The Morgan fingerprint density at radius 3 is 1.02 bits per heavy atom. The Bertz CT molecular complexity index is 2840. The first kappa shape index (κ1) is 30.8. The van der Waals surface area contributed by atoms with Gasteiger partial charge >= 0.3 is 0 Å². The molecule has 0 fully saturated rings. The zero-order valence-corrected chi connectivity index (χ0v) is 29.2. The third-order valence-corrected chi connectivity index (χ3v) is 10.7. The molecule has 0 amide bonds. The van der Waals surface area contributed by atoms with Crippen molar-refractivity contribution in [3.8, 4) is 33.4 Å². The second-order valence-electron chi connectivity index (χ2n) is 13.6. The third-order valence-electron chi connectivity index (χ3n) is 10.7. The van der Waals surface area contributed by atoms with E-state index in [-0.39, 0.29) is 0 Å². The fraction of sp³-hybridized carbons (Fsp3) is 0. The van der Waals surface area contributed by atoms with E-state index >= 15 is 0 Å². The third kappa shape index (κ3) is 5.25. The van der Waals surface area contributed by atoms with E-state index in [4.69, 9.17) is 0 Å². The molecule has 10 aromatic carbocycles. The Morgan fingerprint density at radius 1 is 0.189 bits per heavy atom. The summed E-state index contributed by atoms with van der Waals surface area (Å²) in [6.45, 7) is 0. The minimum Gasteiger partial charge on any atom is -0.309 e. The van der Waals surface area contributed by atoms with Crippen molar-refractivity contribution in [2.75, 3.05) is 4.90 Å².